The van der Waals surface area contributed by atoms with E-state index in [1.54, 1.807) is 0 Å². The number of anilines is 3. The fourth-order valence-corrected chi connectivity index (χ4v) is 4.60. The van der Waals surface area contributed by atoms with Crippen LogP contribution in [0.2, 0.25) is 0 Å². The van der Waals surface area contributed by atoms with Gasteiger partial charge in [0.05, 0.1) is 10.2 Å². The van der Waals surface area contributed by atoms with E-state index in [-0.39, 0.29) is 0 Å². The Morgan fingerprint density at radius 3 is 1.36 bits per heavy atom. The lowest BCUT2D eigenvalue weighted by atomic mass is 9.99. The molecule has 0 radical (unpaired) electrons. The lowest BCUT2D eigenvalue weighted by Gasteiger charge is -2.28. The van der Waals surface area contributed by atoms with Crippen LogP contribution in [-0.4, -0.2) is 0 Å². The van der Waals surface area contributed by atoms with Gasteiger partial charge in [-0.05, 0) is 56.4 Å². The standard InChI is InChI=1S/C26H18BrN/c27-25-23-17-9-7-15-21(23)22-16-8-10-18-24(22)26(25)28(19-11-3-1-4-12-19)20-13-5-2-6-14-20/h1-18H. The molecule has 0 fully saturated rings. The van der Waals surface area contributed by atoms with Gasteiger partial charge in [-0.25, -0.2) is 0 Å². The molecule has 0 amide bonds. The maximum absolute atomic E-state index is 3.96. The molecule has 0 bridgehead atoms. The molecular formula is C26H18BrN. The van der Waals surface area contributed by atoms with Gasteiger partial charge in [0.2, 0.25) is 0 Å². The SMILES string of the molecule is Brc1c(N(c2ccccc2)c2ccccc2)c2ccccc2c2ccccc12. The molecule has 0 unspecified atom stereocenters. The highest BCUT2D eigenvalue weighted by Crippen LogP contribution is 2.47. The van der Waals surface area contributed by atoms with Crippen LogP contribution in [0.15, 0.2) is 114 Å². The second kappa shape index (κ2) is 7.14. The van der Waals surface area contributed by atoms with Crippen molar-refractivity contribution in [3.63, 3.8) is 0 Å². The van der Waals surface area contributed by atoms with Crippen LogP contribution in [0.3, 0.4) is 0 Å². The summed E-state index contributed by atoms with van der Waals surface area (Å²) in [7, 11) is 0. The van der Waals surface area contributed by atoms with Gasteiger partial charge in [-0.1, -0.05) is 84.9 Å². The molecule has 0 aliphatic rings. The van der Waals surface area contributed by atoms with Gasteiger partial charge in [0.15, 0.2) is 0 Å². The molecule has 5 rings (SSSR count). The van der Waals surface area contributed by atoms with Crippen LogP contribution in [0.25, 0.3) is 21.5 Å². The summed E-state index contributed by atoms with van der Waals surface area (Å²) < 4.78 is 1.11. The molecule has 28 heavy (non-hydrogen) atoms. The van der Waals surface area contributed by atoms with Gasteiger partial charge in [-0.15, -0.1) is 0 Å². The minimum Gasteiger partial charge on any atom is -0.309 e. The summed E-state index contributed by atoms with van der Waals surface area (Å²) in [6.45, 7) is 0. The van der Waals surface area contributed by atoms with Crippen molar-refractivity contribution >= 4 is 54.5 Å². The molecular weight excluding hydrogens is 406 g/mol. The predicted octanol–water partition coefficient (Wildman–Crippen LogP) is 8.23. The van der Waals surface area contributed by atoms with Gasteiger partial charge < -0.3 is 4.90 Å². The molecule has 0 aliphatic carbocycles. The average molecular weight is 424 g/mol. The lowest BCUT2D eigenvalue weighted by molar-refractivity contribution is 1.29. The third-order valence-electron chi connectivity index (χ3n) is 5.10. The van der Waals surface area contributed by atoms with E-state index in [4.69, 9.17) is 0 Å². The van der Waals surface area contributed by atoms with E-state index >= 15 is 0 Å². The zero-order valence-electron chi connectivity index (χ0n) is 15.2. The number of halogens is 1. The fraction of sp³-hybridized carbons (Fsp3) is 0. The molecule has 0 saturated carbocycles. The highest BCUT2D eigenvalue weighted by Gasteiger charge is 2.20. The molecule has 5 aromatic carbocycles. The first-order chi connectivity index (χ1) is 13.8. The molecule has 0 saturated heterocycles. The number of nitrogens with zero attached hydrogens (tertiary/aromatic N) is 1. The van der Waals surface area contributed by atoms with Crippen molar-refractivity contribution in [1.82, 2.24) is 0 Å². The molecule has 2 heteroatoms. The van der Waals surface area contributed by atoms with E-state index in [9.17, 15) is 0 Å². The second-order valence-corrected chi connectivity index (χ2v) is 7.55. The van der Waals surface area contributed by atoms with Gasteiger partial charge >= 0.3 is 0 Å². The molecule has 0 aliphatic heterocycles. The Morgan fingerprint density at radius 2 is 0.821 bits per heavy atom. The third kappa shape index (κ3) is 2.78. The molecule has 0 N–H and O–H groups in total. The summed E-state index contributed by atoms with van der Waals surface area (Å²) in [4.78, 5) is 2.33. The second-order valence-electron chi connectivity index (χ2n) is 6.76. The number of fused-ring (bicyclic) bond motifs is 3. The van der Waals surface area contributed by atoms with E-state index in [1.165, 1.54) is 21.5 Å². The van der Waals surface area contributed by atoms with E-state index in [2.05, 4.69) is 130 Å². The van der Waals surface area contributed by atoms with Gasteiger partial charge in [-0.3, -0.25) is 0 Å². The van der Waals surface area contributed by atoms with Crippen LogP contribution in [-0.2, 0) is 0 Å². The normalized spacial score (nSPS) is 11.0. The first-order valence-corrected chi connectivity index (χ1v) is 10.1. The summed E-state index contributed by atoms with van der Waals surface area (Å²) in [5, 5.41) is 4.96. The topological polar surface area (TPSA) is 3.24 Å². The van der Waals surface area contributed by atoms with Gasteiger partial charge in [-0.2, -0.15) is 0 Å². The summed E-state index contributed by atoms with van der Waals surface area (Å²) in [5.41, 5.74) is 3.43. The number of hydrogen-bond donors (Lipinski definition) is 0. The Bertz CT molecular complexity index is 1220. The molecule has 0 aromatic heterocycles. The monoisotopic (exact) mass is 423 g/mol. The summed E-state index contributed by atoms with van der Waals surface area (Å²) in [5.74, 6) is 0. The number of para-hydroxylation sites is 2. The summed E-state index contributed by atoms with van der Waals surface area (Å²) in [6.07, 6.45) is 0. The highest BCUT2D eigenvalue weighted by atomic mass is 79.9. The van der Waals surface area contributed by atoms with E-state index in [0.717, 1.165) is 21.5 Å². The molecule has 0 atom stereocenters. The van der Waals surface area contributed by atoms with Crippen molar-refractivity contribution < 1.29 is 0 Å². The first kappa shape index (κ1) is 17.0. The zero-order chi connectivity index (χ0) is 18.9. The molecule has 0 heterocycles. The highest BCUT2D eigenvalue weighted by molar-refractivity contribution is 9.10. The summed E-state index contributed by atoms with van der Waals surface area (Å²) in [6, 6.07) is 38.3. The summed E-state index contributed by atoms with van der Waals surface area (Å²) >= 11 is 3.96. The maximum Gasteiger partial charge on any atom is 0.0688 e. The largest absolute Gasteiger partial charge is 0.309 e. The molecule has 134 valence electrons. The van der Waals surface area contributed by atoms with Crippen LogP contribution in [0, 0.1) is 0 Å². The van der Waals surface area contributed by atoms with Crippen LogP contribution in [0.4, 0.5) is 17.1 Å². The van der Waals surface area contributed by atoms with Crippen LogP contribution in [0.1, 0.15) is 0 Å². The third-order valence-corrected chi connectivity index (χ3v) is 5.90. The fourth-order valence-electron chi connectivity index (χ4n) is 3.86. The van der Waals surface area contributed by atoms with Crippen molar-refractivity contribution in [2.24, 2.45) is 0 Å². The van der Waals surface area contributed by atoms with Gasteiger partial charge in [0, 0.05) is 16.8 Å². The Hall–Kier alpha value is -3.10. The van der Waals surface area contributed by atoms with Crippen molar-refractivity contribution in [2.75, 3.05) is 4.90 Å². The Kier molecular flexibility index (Phi) is 4.34. The minimum absolute atomic E-state index is 1.11. The molecule has 5 aromatic rings. The van der Waals surface area contributed by atoms with Gasteiger partial charge in [0.1, 0.15) is 0 Å². The smallest absolute Gasteiger partial charge is 0.0688 e. The molecule has 0 spiro atoms. The van der Waals surface area contributed by atoms with Crippen molar-refractivity contribution in [3.8, 4) is 0 Å². The average Bonchev–Trinajstić information content (AvgIpc) is 2.78. The van der Waals surface area contributed by atoms with Crippen molar-refractivity contribution in [1.29, 1.82) is 0 Å². The predicted molar refractivity (Wildman–Crippen MR) is 124 cm³/mol. The van der Waals surface area contributed by atoms with E-state index < -0.39 is 0 Å². The van der Waals surface area contributed by atoms with Crippen molar-refractivity contribution in [2.45, 2.75) is 0 Å². The van der Waals surface area contributed by atoms with E-state index in [1.807, 2.05) is 0 Å². The Balaban J connectivity index is 1.93. The minimum atomic E-state index is 1.11. The quantitative estimate of drug-likeness (QED) is 0.264. The number of hydrogen-bond acceptors (Lipinski definition) is 1. The van der Waals surface area contributed by atoms with E-state index in [0.29, 0.717) is 0 Å². The first-order valence-electron chi connectivity index (χ1n) is 9.34. The van der Waals surface area contributed by atoms with Crippen molar-refractivity contribution in [3.05, 3.63) is 114 Å². The van der Waals surface area contributed by atoms with Gasteiger partial charge in [0.25, 0.3) is 0 Å². The Morgan fingerprint density at radius 1 is 0.429 bits per heavy atom. The zero-order valence-corrected chi connectivity index (χ0v) is 16.8. The Labute approximate surface area is 173 Å². The maximum atomic E-state index is 3.96. The number of rotatable bonds is 3. The van der Waals surface area contributed by atoms with Crippen LogP contribution < -0.4 is 4.90 Å². The van der Waals surface area contributed by atoms with Crippen LogP contribution >= 0.6 is 15.9 Å². The lowest BCUT2D eigenvalue weighted by Crippen LogP contribution is -2.11. The molecule has 1 nitrogen and oxygen atoms in total. The van der Waals surface area contributed by atoms with Crippen LogP contribution in [0.5, 0.6) is 0 Å². The number of benzene rings is 5.